The summed E-state index contributed by atoms with van der Waals surface area (Å²) in [4.78, 5) is 15.1. The molecule has 0 unspecified atom stereocenters. The van der Waals surface area contributed by atoms with Crippen LogP contribution in [0.3, 0.4) is 0 Å². The van der Waals surface area contributed by atoms with E-state index in [1.54, 1.807) is 18.2 Å². The monoisotopic (exact) mass is 503 g/mol. The highest BCUT2D eigenvalue weighted by Gasteiger charge is 2.35. The van der Waals surface area contributed by atoms with Gasteiger partial charge in [-0.15, -0.1) is 0 Å². The predicted octanol–water partition coefficient (Wildman–Crippen LogP) is 4.78. The second-order valence-electron chi connectivity index (χ2n) is 8.00. The van der Waals surface area contributed by atoms with Gasteiger partial charge in [-0.1, -0.05) is 12.1 Å². The summed E-state index contributed by atoms with van der Waals surface area (Å²) in [5.74, 6) is -1.63. The molecular weight excluding hydrogens is 482 g/mol. The Labute approximate surface area is 202 Å². The number of aromatic nitrogens is 1. The zero-order valence-corrected chi connectivity index (χ0v) is 18.7. The van der Waals surface area contributed by atoms with Crippen LogP contribution in [-0.4, -0.2) is 16.1 Å². The number of carboxylic acid groups (broad SMARTS) is 1. The lowest BCUT2D eigenvalue weighted by molar-refractivity contribution is -0.137. The number of nitrogens with two attached hydrogens (primary N) is 2. The molecule has 2 aromatic heterocycles. The summed E-state index contributed by atoms with van der Waals surface area (Å²) in [7, 11) is 0. The highest BCUT2D eigenvalue weighted by atomic mass is 19.4. The Bertz CT molecular complexity index is 1430. The minimum Gasteiger partial charge on any atom is -0.489 e. The normalized spacial score (nSPS) is 11.7. The summed E-state index contributed by atoms with van der Waals surface area (Å²) in [6.07, 6.45) is -3.16. The topological polar surface area (TPSA) is 125 Å². The van der Waals surface area contributed by atoms with Crippen LogP contribution in [0.25, 0.3) is 22.1 Å². The number of alkyl halides is 3. The first kappa shape index (κ1) is 25.1. The smallest absolute Gasteiger partial charge is 0.420 e. The van der Waals surface area contributed by atoms with Crippen LogP contribution in [0.4, 0.5) is 17.6 Å². The molecule has 2 heterocycles. The molecule has 0 bridgehead atoms. The van der Waals surface area contributed by atoms with E-state index in [1.165, 1.54) is 24.4 Å². The highest BCUT2D eigenvalue weighted by Crippen LogP contribution is 2.41. The number of rotatable bonds is 8. The number of ether oxygens (including phenoxy) is 1. The van der Waals surface area contributed by atoms with Crippen LogP contribution in [0.5, 0.6) is 5.75 Å². The summed E-state index contributed by atoms with van der Waals surface area (Å²) < 4.78 is 67.1. The van der Waals surface area contributed by atoms with Crippen molar-refractivity contribution >= 4 is 16.9 Å². The van der Waals surface area contributed by atoms with Crippen molar-refractivity contribution in [3.8, 4) is 16.9 Å². The number of aliphatic carboxylic acids is 1. The Kier molecular flexibility index (Phi) is 6.95. The van der Waals surface area contributed by atoms with E-state index < -0.39 is 23.5 Å². The number of fused-ring (bicyclic) bond motifs is 1. The van der Waals surface area contributed by atoms with Crippen molar-refractivity contribution in [3.05, 3.63) is 82.6 Å². The average Bonchev–Trinajstić information content (AvgIpc) is 3.27. The molecule has 0 radical (unpaired) electrons. The molecule has 36 heavy (non-hydrogen) atoms. The molecular formula is C25H21F4N3O4. The van der Waals surface area contributed by atoms with Gasteiger partial charge in [0.05, 0.1) is 12.1 Å². The Morgan fingerprint density at radius 1 is 1.06 bits per heavy atom. The second kappa shape index (κ2) is 9.96. The van der Waals surface area contributed by atoms with Crippen molar-refractivity contribution in [2.45, 2.75) is 32.3 Å². The van der Waals surface area contributed by atoms with Gasteiger partial charge in [-0.05, 0) is 35.4 Å². The number of carboxylic acids is 1. The van der Waals surface area contributed by atoms with E-state index in [0.717, 1.165) is 0 Å². The van der Waals surface area contributed by atoms with E-state index in [2.05, 4.69) is 4.98 Å². The predicted molar refractivity (Wildman–Crippen MR) is 122 cm³/mol. The fourth-order valence-electron chi connectivity index (χ4n) is 3.87. The number of hydrogen-bond acceptors (Lipinski definition) is 6. The molecule has 0 saturated carbocycles. The van der Waals surface area contributed by atoms with Crippen LogP contribution in [0.15, 0.2) is 53.3 Å². The second-order valence-corrected chi connectivity index (χ2v) is 8.00. The molecule has 4 aromatic rings. The van der Waals surface area contributed by atoms with E-state index in [4.69, 9.17) is 20.6 Å². The number of pyridine rings is 1. The van der Waals surface area contributed by atoms with Gasteiger partial charge in [-0.25, -0.2) is 4.39 Å². The lowest BCUT2D eigenvalue weighted by Crippen LogP contribution is -2.07. The van der Waals surface area contributed by atoms with Gasteiger partial charge in [0.25, 0.3) is 0 Å². The Morgan fingerprint density at radius 2 is 1.83 bits per heavy atom. The lowest BCUT2D eigenvalue weighted by Gasteiger charge is -2.14. The fourth-order valence-corrected chi connectivity index (χ4v) is 3.87. The van der Waals surface area contributed by atoms with E-state index in [0.29, 0.717) is 17.4 Å². The molecule has 0 aliphatic heterocycles. The van der Waals surface area contributed by atoms with Crippen molar-refractivity contribution in [1.29, 1.82) is 0 Å². The minimum absolute atomic E-state index is 0.0305. The molecule has 4 rings (SSSR count). The van der Waals surface area contributed by atoms with Crippen molar-refractivity contribution in [2.75, 3.05) is 0 Å². The molecule has 7 nitrogen and oxygen atoms in total. The van der Waals surface area contributed by atoms with Crippen molar-refractivity contribution in [3.63, 3.8) is 0 Å². The maximum atomic E-state index is 15.1. The number of carbonyl (C=O) groups is 1. The quantitative estimate of drug-likeness (QED) is 0.296. The van der Waals surface area contributed by atoms with Crippen molar-refractivity contribution < 1.29 is 36.6 Å². The van der Waals surface area contributed by atoms with Crippen LogP contribution in [-0.2, 0) is 37.1 Å². The zero-order chi connectivity index (χ0) is 26.0. The summed E-state index contributed by atoms with van der Waals surface area (Å²) >= 11 is 0. The third kappa shape index (κ3) is 5.02. The SMILES string of the molecule is NCc1ccc(CC(=O)O)c(OCc2cc(-c3ccnc(CN)c3F)c3occ(C(F)(F)F)c3c2)c1. The first-order valence-corrected chi connectivity index (χ1v) is 10.7. The fraction of sp³-hybridized carbons (Fsp3) is 0.200. The number of hydrogen-bond donors (Lipinski definition) is 3. The molecule has 0 aliphatic rings. The van der Waals surface area contributed by atoms with Crippen LogP contribution in [0.1, 0.15) is 27.9 Å². The molecule has 0 saturated heterocycles. The van der Waals surface area contributed by atoms with E-state index in [-0.39, 0.29) is 65.2 Å². The van der Waals surface area contributed by atoms with Gasteiger partial charge >= 0.3 is 12.1 Å². The summed E-state index contributed by atoms with van der Waals surface area (Å²) in [5, 5.41) is 8.92. The maximum absolute atomic E-state index is 15.1. The highest BCUT2D eigenvalue weighted by molar-refractivity contribution is 5.95. The number of benzene rings is 2. The Balaban J connectivity index is 1.82. The third-order valence-electron chi connectivity index (χ3n) is 5.59. The van der Waals surface area contributed by atoms with Gasteiger partial charge in [0.1, 0.15) is 29.8 Å². The zero-order valence-electron chi connectivity index (χ0n) is 18.7. The molecule has 11 heteroatoms. The summed E-state index contributed by atoms with van der Waals surface area (Å²) in [6, 6.07) is 8.83. The molecule has 0 aliphatic carbocycles. The first-order chi connectivity index (χ1) is 17.1. The van der Waals surface area contributed by atoms with Crippen molar-refractivity contribution in [1.82, 2.24) is 4.98 Å². The molecule has 188 valence electrons. The van der Waals surface area contributed by atoms with Gasteiger partial charge in [0.15, 0.2) is 5.82 Å². The molecule has 0 amide bonds. The van der Waals surface area contributed by atoms with Gasteiger partial charge < -0.3 is 25.7 Å². The van der Waals surface area contributed by atoms with E-state index in [9.17, 15) is 23.1 Å². The van der Waals surface area contributed by atoms with Gasteiger partial charge in [-0.2, -0.15) is 13.2 Å². The van der Waals surface area contributed by atoms with Crippen LogP contribution in [0, 0.1) is 5.82 Å². The van der Waals surface area contributed by atoms with E-state index >= 15 is 4.39 Å². The Morgan fingerprint density at radius 3 is 2.50 bits per heavy atom. The Hall–Kier alpha value is -3.96. The van der Waals surface area contributed by atoms with Crippen LogP contribution >= 0.6 is 0 Å². The van der Waals surface area contributed by atoms with Gasteiger partial charge in [0, 0.05) is 41.4 Å². The molecule has 5 N–H and O–H groups in total. The van der Waals surface area contributed by atoms with E-state index in [1.807, 2.05) is 0 Å². The van der Waals surface area contributed by atoms with Crippen LogP contribution < -0.4 is 16.2 Å². The minimum atomic E-state index is -4.72. The lowest BCUT2D eigenvalue weighted by atomic mass is 9.98. The first-order valence-electron chi connectivity index (χ1n) is 10.7. The standard InChI is InChI=1S/C25H21F4N3O4/c26-23-16(3-4-32-20(23)10-31)17-5-14(6-18-19(25(27,28)29)12-36-24(17)18)11-35-21-7-13(9-30)1-2-15(21)8-22(33)34/h1-7,12H,8-11,30-31H2,(H,33,34). The molecule has 2 aromatic carbocycles. The average molecular weight is 503 g/mol. The summed E-state index contributed by atoms with van der Waals surface area (Å²) in [5.41, 5.74) is 11.3. The van der Waals surface area contributed by atoms with Crippen LogP contribution in [0.2, 0.25) is 0 Å². The number of nitrogens with zero attached hydrogens (tertiary/aromatic N) is 1. The maximum Gasteiger partial charge on any atom is 0.420 e. The molecule has 0 spiro atoms. The number of halogens is 4. The van der Waals surface area contributed by atoms with Gasteiger partial charge in [-0.3, -0.25) is 9.78 Å². The van der Waals surface area contributed by atoms with Crippen molar-refractivity contribution in [2.24, 2.45) is 11.5 Å². The largest absolute Gasteiger partial charge is 0.489 e. The number of furan rings is 1. The summed E-state index contributed by atoms with van der Waals surface area (Å²) in [6.45, 7) is -0.265. The van der Waals surface area contributed by atoms with Gasteiger partial charge in [0.2, 0.25) is 0 Å². The third-order valence-corrected chi connectivity index (χ3v) is 5.59. The molecule has 0 atom stereocenters. The molecule has 0 fully saturated rings.